The molecule has 0 saturated heterocycles. The number of rotatable bonds is 4. The first-order chi connectivity index (χ1) is 7.20. The van der Waals surface area contributed by atoms with Crippen molar-refractivity contribution in [2.75, 3.05) is 0 Å². The summed E-state index contributed by atoms with van der Waals surface area (Å²) in [6.07, 6.45) is 2.55. The standard InChI is InChI=1S/C11H15FN2O/c1-2-3-5-8-6-4-7-9(10(8)12)11(15)14-13/h4,6-7H,2-3,5,13H2,1H3,(H,14,15). The molecule has 0 radical (unpaired) electrons. The molecule has 1 rings (SSSR count). The SMILES string of the molecule is CCCCc1cccc(C(=O)NN)c1F. The minimum atomic E-state index is -0.592. The van der Waals surface area contributed by atoms with E-state index in [2.05, 4.69) is 0 Å². The summed E-state index contributed by atoms with van der Waals surface area (Å²) < 4.78 is 13.7. The largest absolute Gasteiger partial charge is 0.290 e. The second-order valence-corrected chi connectivity index (χ2v) is 3.36. The average molecular weight is 210 g/mol. The third-order valence-corrected chi connectivity index (χ3v) is 2.25. The van der Waals surface area contributed by atoms with Gasteiger partial charge in [0, 0.05) is 0 Å². The van der Waals surface area contributed by atoms with Crippen LogP contribution in [-0.2, 0) is 6.42 Å². The van der Waals surface area contributed by atoms with Crippen LogP contribution < -0.4 is 11.3 Å². The molecule has 0 saturated carbocycles. The number of halogens is 1. The van der Waals surface area contributed by atoms with E-state index < -0.39 is 11.7 Å². The zero-order valence-electron chi connectivity index (χ0n) is 8.72. The van der Waals surface area contributed by atoms with Crippen molar-refractivity contribution < 1.29 is 9.18 Å². The van der Waals surface area contributed by atoms with Gasteiger partial charge >= 0.3 is 0 Å². The van der Waals surface area contributed by atoms with Crippen LogP contribution in [0.3, 0.4) is 0 Å². The first-order valence-corrected chi connectivity index (χ1v) is 4.99. The number of unbranched alkanes of at least 4 members (excludes halogenated alkanes) is 1. The van der Waals surface area contributed by atoms with Crippen LogP contribution in [0.1, 0.15) is 35.7 Å². The molecule has 0 aliphatic carbocycles. The van der Waals surface area contributed by atoms with Gasteiger partial charge in [0.25, 0.3) is 5.91 Å². The van der Waals surface area contributed by atoms with Crippen molar-refractivity contribution in [3.05, 3.63) is 35.1 Å². The number of carbonyl (C=O) groups is 1. The van der Waals surface area contributed by atoms with Crippen molar-refractivity contribution in [3.63, 3.8) is 0 Å². The molecule has 0 aromatic heterocycles. The van der Waals surface area contributed by atoms with E-state index in [9.17, 15) is 9.18 Å². The highest BCUT2D eigenvalue weighted by Crippen LogP contribution is 2.15. The van der Waals surface area contributed by atoms with Crippen LogP contribution in [0, 0.1) is 5.82 Å². The van der Waals surface area contributed by atoms with Crippen LogP contribution in [0.4, 0.5) is 4.39 Å². The van der Waals surface area contributed by atoms with Crippen molar-refractivity contribution >= 4 is 5.91 Å². The summed E-state index contributed by atoms with van der Waals surface area (Å²) in [4.78, 5) is 11.2. The number of nitrogens with one attached hydrogen (secondary N) is 1. The molecule has 0 aliphatic rings. The smallest absolute Gasteiger partial charge is 0.268 e. The first-order valence-electron chi connectivity index (χ1n) is 4.99. The number of nitrogen functional groups attached to an aromatic ring is 1. The molecular weight excluding hydrogens is 195 g/mol. The maximum Gasteiger partial charge on any atom is 0.268 e. The minimum absolute atomic E-state index is 0.00565. The molecular formula is C11H15FN2O. The molecule has 4 heteroatoms. The van der Waals surface area contributed by atoms with Gasteiger partial charge in [-0.25, -0.2) is 10.2 Å². The number of amides is 1. The summed E-state index contributed by atoms with van der Waals surface area (Å²) in [5.41, 5.74) is 2.50. The Kier molecular flexibility index (Phi) is 4.24. The van der Waals surface area contributed by atoms with Crippen LogP contribution in [0.15, 0.2) is 18.2 Å². The Labute approximate surface area is 88.4 Å². The average Bonchev–Trinajstić information content (AvgIpc) is 2.27. The Balaban J connectivity index is 2.95. The lowest BCUT2D eigenvalue weighted by Gasteiger charge is -2.06. The van der Waals surface area contributed by atoms with Gasteiger partial charge in [-0.1, -0.05) is 25.5 Å². The predicted octanol–water partition coefficient (Wildman–Crippen LogP) is 1.77. The third-order valence-electron chi connectivity index (χ3n) is 2.25. The first kappa shape index (κ1) is 11.7. The fraction of sp³-hybridized carbons (Fsp3) is 0.364. The zero-order valence-corrected chi connectivity index (χ0v) is 8.72. The van der Waals surface area contributed by atoms with Gasteiger partial charge in [-0.15, -0.1) is 0 Å². The summed E-state index contributed by atoms with van der Waals surface area (Å²) in [6, 6.07) is 4.78. The number of nitrogens with two attached hydrogens (primary N) is 1. The van der Waals surface area contributed by atoms with Gasteiger partial charge in [-0.05, 0) is 24.5 Å². The van der Waals surface area contributed by atoms with Crippen LogP contribution >= 0.6 is 0 Å². The van der Waals surface area contributed by atoms with E-state index in [0.29, 0.717) is 12.0 Å². The molecule has 3 nitrogen and oxygen atoms in total. The van der Waals surface area contributed by atoms with Crippen molar-refractivity contribution in [1.82, 2.24) is 5.43 Å². The number of benzene rings is 1. The summed E-state index contributed by atoms with van der Waals surface area (Å²) in [5.74, 6) is 3.90. The molecule has 0 aliphatic heterocycles. The number of hydrogen-bond acceptors (Lipinski definition) is 2. The Morgan fingerprint density at radius 2 is 2.27 bits per heavy atom. The lowest BCUT2D eigenvalue weighted by Crippen LogP contribution is -2.30. The molecule has 0 bridgehead atoms. The lowest BCUT2D eigenvalue weighted by atomic mass is 10.0. The van der Waals surface area contributed by atoms with E-state index >= 15 is 0 Å². The van der Waals surface area contributed by atoms with Gasteiger partial charge in [-0.3, -0.25) is 10.2 Å². The second-order valence-electron chi connectivity index (χ2n) is 3.36. The molecule has 15 heavy (non-hydrogen) atoms. The maximum atomic E-state index is 13.7. The van der Waals surface area contributed by atoms with Crippen LogP contribution in [-0.4, -0.2) is 5.91 Å². The van der Waals surface area contributed by atoms with Crippen molar-refractivity contribution in [2.45, 2.75) is 26.2 Å². The highest BCUT2D eigenvalue weighted by atomic mass is 19.1. The number of hydrogen-bond donors (Lipinski definition) is 2. The zero-order chi connectivity index (χ0) is 11.3. The molecule has 0 unspecified atom stereocenters. The molecule has 0 heterocycles. The fourth-order valence-corrected chi connectivity index (χ4v) is 1.39. The van der Waals surface area contributed by atoms with E-state index in [0.717, 1.165) is 12.8 Å². The molecule has 3 N–H and O–H groups in total. The quantitative estimate of drug-likeness (QED) is 0.452. The fourth-order valence-electron chi connectivity index (χ4n) is 1.39. The molecule has 1 aromatic rings. The molecule has 1 amide bonds. The van der Waals surface area contributed by atoms with E-state index in [4.69, 9.17) is 5.84 Å². The van der Waals surface area contributed by atoms with E-state index in [1.54, 1.807) is 12.1 Å². The number of carbonyl (C=O) groups excluding carboxylic acids is 1. The monoisotopic (exact) mass is 210 g/mol. The van der Waals surface area contributed by atoms with Crippen LogP contribution in [0.25, 0.3) is 0 Å². The van der Waals surface area contributed by atoms with Crippen LogP contribution in [0.2, 0.25) is 0 Å². The van der Waals surface area contributed by atoms with Gasteiger partial charge < -0.3 is 0 Å². The van der Waals surface area contributed by atoms with Gasteiger partial charge in [-0.2, -0.15) is 0 Å². The van der Waals surface area contributed by atoms with Crippen LogP contribution in [0.5, 0.6) is 0 Å². The Morgan fingerprint density at radius 1 is 1.53 bits per heavy atom. The van der Waals surface area contributed by atoms with Gasteiger partial charge in [0.05, 0.1) is 5.56 Å². The summed E-state index contributed by atoms with van der Waals surface area (Å²) in [5, 5.41) is 0. The lowest BCUT2D eigenvalue weighted by molar-refractivity contribution is 0.0949. The predicted molar refractivity (Wildman–Crippen MR) is 56.7 cm³/mol. The maximum absolute atomic E-state index is 13.7. The normalized spacial score (nSPS) is 10.1. The Morgan fingerprint density at radius 3 is 2.87 bits per heavy atom. The van der Waals surface area contributed by atoms with Gasteiger partial charge in [0.2, 0.25) is 0 Å². The molecule has 1 aromatic carbocycles. The third kappa shape index (κ3) is 2.76. The minimum Gasteiger partial charge on any atom is -0.290 e. The van der Waals surface area contributed by atoms with Crippen molar-refractivity contribution in [3.8, 4) is 0 Å². The second kappa shape index (κ2) is 5.46. The van der Waals surface area contributed by atoms with Gasteiger partial charge in [0.1, 0.15) is 5.82 Å². The highest BCUT2D eigenvalue weighted by molar-refractivity contribution is 5.94. The summed E-state index contributed by atoms with van der Waals surface area (Å²) in [6.45, 7) is 2.04. The molecule has 0 spiro atoms. The summed E-state index contributed by atoms with van der Waals surface area (Å²) >= 11 is 0. The van der Waals surface area contributed by atoms with Crippen molar-refractivity contribution in [2.24, 2.45) is 5.84 Å². The molecule has 0 fully saturated rings. The van der Waals surface area contributed by atoms with Crippen molar-refractivity contribution in [1.29, 1.82) is 0 Å². The number of hydrazine groups is 1. The van der Waals surface area contributed by atoms with Gasteiger partial charge in [0.15, 0.2) is 0 Å². The van der Waals surface area contributed by atoms with E-state index in [1.807, 2.05) is 12.3 Å². The molecule has 82 valence electrons. The van der Waals surface area contributed by atoms with E-state index in [1.165, 1.54) is 6.07 Å². The Hall–Kier alpha value is -1.42. The molecule has 0 atom stereocenters. The highest BCUT2D eigenvalue weighted by Gasteiger charge is 2.13. The number of aryl methyl sites for hydroxylation is 1. The summed E-state index contributed by atoms with van der Waals surface area (Å²) in [7, 11) is 0. The van der Waals surface area contributed by atoms with E-state index in [-0.39, 0.29) is 5.56 Å². The topological polar surface area (TPSA) is 55.1 Å². The Bertz CT molecular complexity index is 352.